The third-order valence-corrected chi connectivity index (χ3v) is 5.54. The number of hydrogen-bond donors (Lipinski definition) is 1. The maximum absolute atomic E-state index is 4.83. The van der Waals surface area contributed by atoms with Crippen LogP contribution in [0.1, 0.15) is 40.9 Å². The molecule has 108 valence electrons. The number of aryl methyl sites for hydroxylation is 1. The molecule has 1 N–H and O–H groups in total. The number of thiazole rings is 1. The molecular formula is C16H22N2S2. The van der Waals surface area contributed by atoms with E-state index in [4.69, 9.17) is 4.98 Å². The van der Waals surface area contributed by atoms with Crippen LogP contribution in [0.15, 0.2) is 29.2 Å². The molecule has 0 spiro atoms. The van der Waals surface area contributed by atoms with Gasteiger partial charge in [0.2, 0.25) is 0 Å². The molecule has 4 heteroatoms. The molecule has 0 fully saturated rings. The maximum atomic E-state index is 4.83. The first-order valence-corrected chi connectivity index (χ1v) is 8.73. The zero-order valence-corrected chi connectivity index (χ0v) is 14.2. The Kier molecular flexibility index (Phi) is 5.64. The van der Waals surface area contributed by atoms with Crippen molar-refractivity contribution in [3.05, 3.63) is 45.4 Å². The number of hydrogen-bond acceptors (Lipinski definition) is 4. The van der Waals surface area contributed by atoms with E-state index in [-0.39, 0.29) is 0 Å². The highest BCUT2D eigenvalue weighted by Gasteiger charge is 2.13. The minimum absolute atomic E-state index is 0.492. The van der Waals surface area contributed by atoms with E-state index in [0.717, 1.165) is 12.3 Å². The Balaban J connectivity index is 2.10. The first-order valence-electron chi connectivity index (χ1n) is 6.93. The number of rotatable bonds is 6. The molecule has 0 saturated heterocycles. The van der Waals surface area contributed by atoms with Gasteiger partial charge < -0.3 is 5.32 Å². The number of thioether (sulfide) groups is 1. The molecule has 2 aromatic rings. The van der Waals surface area contributed by atoms with E-state index in [1.165, 1.54) is 26.0 Å². The fraction of sp³-hybridized carbons (Fsp3) is 0.438. The van der Waals surface area contributed by atoms with Crippen molar-refractivity contribution in [2.75, 3.05) is 7.05 Å². The van der Waals surface area contributed by atoms with Gasteiger partial charge in [-0.3, -0.25) is 0 Å². The van der Waals surface area contributed by atoms with Crippen LogP contribution in [0.25, 0.3) is 0 Å². The molecule has 0 atom stereocenters. The average Bonchev–Trinajstić information content (AvgIpc) is 2.82. The zero-order valence-electron chi connectivity index (χ0n) is 12.6. The van der Waals surface area contributed by atoms with Crippen molar-refractivity contribution in [3.8, 4) is 0 Å². The Hall–Kier alpha value is -0.840. The van der Waals surface area contributed by atoms with Crippen LogP contribution in [0.2, 0.25) is 0 Å². The van der Waals surface area contributed by atoms with Gasteiger partial charge in [0.25, 0.3) is 0 Å². The Morgan fingerprint density at radius 2 is 2.05 bits per heavy atom. The molecule has 2 rings (SSSR count). The second-order valence-corrected chi connectivity index (χ2v) is 7.34. The molecule has 0 bridgehead atoms. The molecule has 0 aliphatic heterocycles. The van der Waals surface area contributed by atoms with Crippen molar-refractivity contribution in [1.29, 1.82) is 0 Å². The topological polar surface area (TPSA) is 24.9 Å². The molecule has 0 radical (unpaired) electrons. The van der Waals surface area contributed by atoms with Gasteiger partial charge in [-0.1, -0.05) is 32.0 Å². The summed E-state index contributed by atoms with van der Waals surface area (Å²) in [6.07, 6.45) is 0. The van der Waals surface area contributed by atoms with Gasteiger partial charge in [-0.05, 0) is 31.5 Å². The Morgan fingerprint density at radius 1 is 1.30 bits per heavy atom. The van der Waals surface area contributed by atoms with Crippen LogP contribution >= 0.6 is 23.1 Å². The predicted molar refractivity (Wildman–Crippen MR) is 89.7 cm³/mol. The van der Waals surface area contributed by atoms with Gasteiger partial charge in [0.15, 0.2) is 0 Å². The van der Waals surface area contributed by atoms with Crippen molar-refractivity contribution >= 4 is 23.1 Å². The van der Waals surface area contributed by atoms with Gasteiger partial charge in [0, 0.05) is 16.3 Å². The van der Waals surface area contributed by atoms with Gasteiger partial charge in [0.1, 0.15) is 5.01 Å². The van der Waals surface area contributed by atoms with E-state index < -0.39 is 0 Å². The third kappa shape index (κ3) is 3.84. The van der Waals surface area contributed by atoms with Crippen LogP contribution in [-0.2, 0) is 12.3 Å². The maximum Gasteiger partial charge on any atom is 0.103 e. The molecule has 0 saturated carbocycles. The second-order valence-electron chi connectivity index (χ2n) is 5.16. The zero-order chi connectivity index (χ0) is 14.5. The fourth-order valence-electron chi connectivity index (χ4n) is 2.07. The highest BCUT2D eigenvalue weighted by molar-refractivity contribution is 7.98. The smallest absolute Gasteiger partial charge is 0.103 e. The van der Waals surface area contributed by atoms with Gasteiger partial charge in [0.05, 0.1) is 11.4 Å². The molecule has 20 heavy (non-hydrogen) atoms. The lowest BCUT2D eigenvalue weighted by Crippen LogP contribution is -2.06. The Labute approximate surface area is 130 Å². The lowest BCUT2D eigenvalue weighted by atomic mass is 10.1. The molecule has 2 nitrogen and oxygen atoms in total. The third-order valence-electron chi connectivity index (χ3n) is 3.10. The summed E-state index contributed by atoms with van der Waals surface area (Å²) in [6, 6.07) is 8.54. The first kappa shape index (κ1) is 15.5. The summed E-state index contributed by atoms with van der Waals surface area (Å²) in [5.41, 5.74) is 2.60. The van der Waals surface area contributed by atoms with E-state index in [1.54, 1.807) is 0 Å². The molecule has 0 aliphatic carbocycles. The summed E-state index contributed by atoms with van der Waals surface area (Å²) in [6.45, 7) is 7.51. The van der Waals surface area contributed by atoms with Crippen molar-refractivity contribution in [1.82, 2.24) is 10.3 Å². The van der Waals surface area contributed by atoms with Gasteiger partial charge in [-0.2, -0.15) is 0 Å². The summed E-state index contributed by atoms with van der Waals surface area (Å²) < 4.78 is 0. The van der Waals surface area contributed by atoms with Gasteiger partial charge in [-0.25, -0.2) is 4.98 Å². The molecular weight excluding hydrogens is 284 g/mol. The molecule has 0 amide bonds. The summed E-state index contributed by atoms with van der Waals surface area (Å²) >= 11 is 3.72. The predicted octanol–water partition coefficient (Wildman–Crippen LogP) is 4.59. The quantitative estimate of drug-likeness (QED) is 0.790. The van der Waals surface area contributed by atoms with E-state index in [2.05, 4.69) is 50.4 Å². The Bertz CT molecular complexity index is 561. The van der Waals surface area contributed by atoms with Crippen LogP contribution in [0.4, 0.5) is 0 Å². The molecule has 0 unspecified atom stereocenters. The van der Waals surface area contributed by atoms with Crippen molar-refractivity contribution in [3.63, 3.8) is 0 Å². The summed E-state index contributed by atoms with van der Waals surface area (Å²) in [5, 5.41) is 4.47. The molecule has 0 aliphatic rings. The van der Waals surface area contributed by atoms with Crippen LogP contribution in [-0.4, -0.2) is 12.0 Å². The fourth-order valence-corrected chi connectivity index (χ4v) is 4.33. The molecule has 1 heterocycles. The highest BCUT2D eigenvalue weighted by Crippen LogP contribution is 2.31. The van der Waals surface area contributed by atoms with Crippen molar-refractivity contribution in [2.24, 2.45) is 0 Å². The van der Waals surface area contributed by atoms with E-state index in [0.29, 0.717) is 5.92 Å². The van der Waals surface area contributed by atoms with Crippen LogP contribution in [0.3, 0.4) is 0 Å². The first-order chi connectivity index (χ1) is 9.61. The normalized spacial score (nSPS) is 11.2. The number of nitrogens with zero attached hydrogens (tertiary/aromatic N) is 1. The summed E-state index contributed by atoms with van der Waals surface area (Å²) in [7, 11) is 1.99. The standard InChI is InChI=1S/C16H22N2S2/c1-11(2)16-14(9-17-4)20-15(18-16)10-19-13-8-6-5-7-12(13)3/h5-8,11,17H,9-10H2,1-4H3. The van der Waals surface area contributed by atoms with E-state index >= 15 is 0 Å². The van der Waals surface area contributed by atoms with E-state index in [9.17, 15) is 0 Å². The number of aromatic nitrogens is 1. The van der Waals surface area contributed by atoms with Crippen LogP contribution in [0.5, 0.6) is 0 Å². The number of nitrogens with one attached hydrogen (secondary N) is 1. The minimum atomic E-state index is 0.492. The van der Waals surface area contributed by atoms with Gasteiger partial charge >= 0.3 is 0 Å². The monoisotopic (exact) mass is 306 g/mol. The number of benzene rings is 1. The molecule has 1 aromatic carbocycles. The van der Waals surface area contributed by atoms with Crippen molar-refractivity contribution < 1.29 is 0 Å². The lowest BCUT2D eigenvalue weighted by molar-refractivity contribution is 0.769. The van der Waals surface area contributed by atoms with E-state index in [1.807, 2.05) is 30.1 Å². The minimum Gasteiger partial charge on any atom is -0.315 e. The SMILES string of the molecule is CNCc1sc(CSc2ccccc2C)nc1C(C)C. The summed E-state index contributed by atoms with van der Waals surface area (Å²) in [5.74, 6) is 1.45. The summed E-state index contributed by atoms with van der Waals surface area (Å²) in [4.78, 5) is 7.56. The Morgan fingerprint density at radius 3 is 2.70 bits per heavy atom. The van der Waals surface area contributed by atoms with Crippen LogP contribution < -0.4 is 5.32 Å². The van der Waals surface area contributed by atoms with Crippen LogP contribution in [0, 0.1) is 6.92 Å². The lowest BCUT2D eigenvalue weighted by Gasteiger charge is -2.03. The van der Waals surface area contributed by atoms with Gasteiger partial charge in [-0.15, -0.1) is 23.1 Å². The molecule has 1 aromatic heterocycles. The average molecular weight is 307 g/mol. The highest BCUT2D eigenvalue weighted by atomic mass is 32.2. The largest absolute Gasteiger partial charge is 0.315 e. The second kappa shape index (κ2) is 7.25. The van der Waals surface area contributed by atoms with Crippen molar-refractivity contribution in [2.45, 2.75) is 43.9 Å².